The van der Waals surface area contributed by atoms with Crippen molar-refractivity contribution >= 4 is 0 Å². The maximum atomic E-state index is 12.8. The van der Waals surface area contributed by atoms with E-state index in [4.69, 9.17) is 0 Å². The summed E-state index contributed by atoms with van der Waals surface area (Å²) in [4.78, 5) is 0. The van der Waals surface area contributed by atoms with E-state index in [9.17, 15) is 30.6 Å². The molecule has 0 spiro atoms. The quantitative estimate of drug-likeness (QED) is 0.0761. The van der Waals surface area contributed by atoms with Crippen LogP contribution in [0.2, 0.25) is 0 Å². The normalized spacial score (nSPS) is 20.9. The zero-order chi connectivity index (χ0) is 55.6. The van der Waals surface area contributed by atoms with Gasteiger partial charge in [0, 0.05) is 23.0 Å². The highest BCUT2D eigenvalue weighted by molar-refractivity contribution is 5.61. The Morgan fingerprint density at radius 1 is 0.368 bits per heavy atom. The predicted molar refractivity (Wildman–Crippen MR) is 312 cm³/mol. The molecular weight excluding hydrogens is 937 g/mol. The van der Waals surface area contributed by atoms with Crippen molar-refractivity contribution in [3.05, 3.63) is 175 Å². The summed E-state index contributed by atoms with van der Waals surface area (Å²) >= 11 is 0. The molecule has 0 aromatic heterocycles. The molecular formula is C70H88O6. The molecule has 4 aliphatic carbocycles. The lowest BCUT2D eigenvalue weighted by molar-refractivity contribution is -0.0282. The van der Waals surface area contributed by atoms with Crippen LogP contribution in [0.3, 0.4) is 0 Å². The van der Waals surface area contributed by atoms with Crippen LogP contribution < -0.4 is 0 Å². The predicted octanol–water partition coefficient (Wildman–Crippen LogP) is 17.5. The number of aromatic hydroxyl groups is 6. The molecule has 6 nitrogen and oxygen atoms in total. The summed E-state index contributed by atoms with van der Waals surface area (Å²) in [7, 11) is 0. The highest BCUT2D eigenvalue weighted by atomic mass is 16.3. The molecule has 4 saturated carbocycles. The van der Waals surface area contributed by atoms with Crippen LogP contribution >= 0.6 is 0 Å². The Morgan fingerprint density at radius 2 is 0.618 bits per heavy atom. The fourth-order valence-corrected chi connectivity index (χ4v) is 14.7. The van der Waals surface area contributed by atoms with Crippen LogP contribution in [0.1, 0.15) is 251 Å². The van der Waals surface area contributed by atoms with Gasteiger partial charge in [-0.15, -0.1) is 0 Å². The molecule has 4 bridgehead atoms. The van der Waals surface area contributed by atoms with Crippen molar-refractivity contribution in [2.45, 2.75) is 205 Å². The standard InChI is InChI=1S/C70H88O6/c1-39(2)49-30-47(32-51(63(49)75)61(43-17-21-57(71)53(26-43)65(5,6)7)44-18-22-58(72)54(27-44)66(8,9)10)69-34-41-25-42(35-69)37-70(36-41,38-69)48-31-50(40(3)4)64(76)52(33-48)62(45-19-23-59(73)55(28-45)67(11,12)13)46-20-24-60(74)56(29-46)68(14,15)16/h17-24,26-33,39-42,61-62,71-76H,25,34-38H2,1-16H3. The number of phenolic OH excluding ortho intramolecular Hbond substituents is 6. The largest absolute Gasteiger partial charge is 0.508 e. The molecule has 6 heteroatoms. The first kappa shape index (κ1) is 54.9. The van der Waals surface area contributed by atoms with E-state index in [0.717, 1.165) is 98.9 Å². The number of hydrogen-bond acceptors (Lipinski definition) is 6. The molecule has 76 heavy (non-hydrogen) atoms. The van der Waals surface area contributed by atoms with Crippen LogP contribution in [0, 0.1) is 11.8 Å². The Balaban J connectivity index is 1.26. The van der Waals surface area contributed by atoms with Gasteiger partial charge in [0.1, 0.15) is 34.5 Å². The number of rotatable bonds is 10. The van der Waals surface area contributed by atoms with Gasteiger partial charge in [0.25, 0.3) is 0 Å². The monoisotopic (exact) mass is 1020 g/mol. The first-order valence-electron chi connectivity index (χ1n) is 28.3. The Morgan fingerprint density at radius 3 is 0.855 bits per heavy atom. The fraction of sp³-hybridized carbons (Fsp3) is 0.486. The molecule has 0 amide bonds. The molecule has 6 aromatic carbocycles. The second-order valence-corrected chi connectivity index (χ2v) is 28.8. The number of hydrogen-bond donors (Lipinski definition) is 6. The molecule has 0 atom stereocenters. The highest BCUT2D eigenvalue weighted by Crippen LogP contribution is 2.67. The third kappa shape index (κ3) is 9.89. The SMILES string of the molecule is CC(C)c1cc(C23CC4CC(C2)CC(c2cc(C(C)C)c(O)c(C(c5ccc(O)c(C(C)(C)C)c5)c5ccc(O)c(C(C)(C)C)c5)c2)(C4)C3)cc(C(c2ccc(O)c(C(C)(C)C)c2)c2ccc(O)c(C(C)(C)C)c2)c1O. The minimum absolute atomic E-state index is 0.0275. The maximum Gasteiger partial charge on any atom is 0.123 e. The first-order chi connectivity index (χ1) is 35.2. The van der Waals surface area contributed by atoms with E-state index >= 15 is 0 Å². The van der Waals surface area contributed by atoms with Gasteiger partial charge in [0.05, 0.1) is 0 Å². The summed E-state index contributed by atoms with van der Waals surface area (Å²) in [6, 6.07) is 33.1. The summed E-state index contributed by atoms with van der Waals surface area (Å²) in [6.07, 6.45) is 6.39. The molecule has 0 aliphatic heterocycles. The fourth-order valence-electron chi connectivity index (χ4n) is 14.7. The van der Waals surface area contributed by atoms with E-state index in [2.05, 4.69) is 159 Å². The summed E-state index contributed by atoms with van der Waals surface area (Å²) in [6.45, 7) is 34.1. The van der Waals surface area contributed by atoms with Gasteiger partial charge >= 0.3 is 0 Å². The van der Waals surface area contributed by atoms with Gasteiger partial charge in [-0.2, -0.15) is 0 Å². The molecule has 6 N–H and O–H groups in total. The van der Waals surface area contributed by atoms with Crippen molar-refractivity contribution in [3.8, 4) is 34.5 Å². The average Bonchev–Trinajstić information content (AvgIpc) is 3.30. The van der Waals surface area contributed by atoms with Crippen molar-refractivity contribution < 1.29 is 30.6 Å². The molecule has 6 aromatic rings. The van der Waals surface area contributed by atoms with Gasteiger partial charge in [-0.05, 0) is 186 Å². The Hall–Kier alpha value is -5.88. The summed E-state index contributed by atoms with van der Waals surface area (Å²) in [5.41, 5.74) is 11.5. The zero-order valence-electron chi connectivity index (χ0n) is 48.6. The van der Waals surface area contributed by atoms with Crippen LogP contribution in [0.25, 0.3) is 0 Å². The van der Waals surface area contributed by atoms with E-state index < -0.39 is 11.8 Å². The van der Waals surface area contributed by atoms with Crippen LogP contribution in [0.5, 0.6) is 34.5 Å². The third-order valence-corrected chi connectivity index (χ3v) is 18.1. The molecule has 0 unspecified atom stereocenters. The van der Waals surface area contributed by atoms with Gasteiger partial charge in [0.15, 0.2) is 0 Å². The van der Waals surface area contributed by atoms with Crippen molar-refractivity contribution in [3.63, 3.8) is 0 Å². The van der Waals surface area contributed by atoms with Crippen molar-refractivity contribution in [1.29, 1.82) is 0 Å². The lowest BCUT2D eigenvalue weighted by Crippen LogP contribution is -2.56. The minimum Gasteiger partial charge on any atom is -0.508 e. The topological polar surface area (TPSA) is 121 Å². The van der Waals surface area contributed by atoms with E-state index in [1.54, 1.807) is 24.3 Å². The Bertz CT molecular complexity index is 2840. The van der Waals surface area contributed by atoms with Gasteiger partial charge in [-0.25, -0.2) is 0 Å². The Kier molecular flexibility index (Phi) is 13.7. The maximum absolute atomic E-state index is 12.8. The van der Waals surface area contributed by atoms with Crippen LogP contribution in [-0.4, -0.2) is 30.6 Å². The average molecular weight is 1030 g/mol. The van der Waals surface area contributed by atoms with Gasteiger partial charge < -0.3 is 30.6 Å². The number of benzene rings is 6. The summed E-state index contributed by atoms with van der Waals surface area (Å²) < 4.78 is 0. The molecule has 0 heterocycles. The van der Waals surface area contributed by atoms with E-state index in [1.165, 1.54) is 17.5 Å². The van der Waals surface area contributed by atoms with E-state index in [1.807, 2.05) is 24.3 Å². The molecule has 10 rings (SSSR count). The highest BCUT2D eigenvalue weighted by Gasteiger charge is 2.59. The second kappa shape index (κ2) is 18.9. The molecule has 4 fully saturated rings. The van der Waals surface area contributed by atoms with Crippen LogP contribution in [-0.2, 0) is 32.5 Å². The Labute approximate surface area is 455 Å². The van der Waals surface area contributed by atoms with Crippen LogP contribution in [0.4, 0.5) is 0 Å². The molecule has 404 valence electrons. The zero-order valence-corrected chi connectivity index (χ0v) is 48.6. The van der Waals surface area contributed by atoms with Gasteiger partial charge in [0.2, 0.25) is 0 Å². The summed E-state index contributed by atoms with van der Waals surface area (Å²) in [5.74, 6) is 1.78. The molecule has 4 aliphatic rings. The summed E-state index contributed by atoms with van der Waals surface area (Å²) in [5, 5.41) is 71.0. The third-order valence-electron chi connectivity index (χ3n) is 18.1. The molecule has 0 radical (unpaired) electrons. The second-order valence-electron chi connectivity index (χ2n) is 28.8. The van der Waals surface area contributed by atoms with Crippen LogP contribution in [0.15, 0.2) is 97.1 Å². The van der Waals surface area contributed by atoms with Gasteiger partial charge in [-0.1, -0.05) is 184 Å². The van der Waals surface area contributed by atoms with Crippen molar-refractivity contribution in [2.24, 2.45) is 11.8 Å². The molecule has 0 saturated heterocycles. The van der Waals surface area contributed by atoms with Crippen molar-refractivity contribution in [1.82, 2.24) is 0 Å². The smallest absolute Gasteiger partial charge is 0.123 e. The van der Waals surface area contributed by atoms with Gasteiger partial charge in [-0.3, -0.25) is 0 Å². The van der Waals surface area contributed by atoms with E-state index in [0.29, 0.717) is 23.3 Å². The lowest BCUT2D eigenvalue weighted by Gasteiger charge is -2.63. The van der Waals surface area contributed by atoms with E-state index in [-0.39, 0.29) is 67.3 Å². The first-order valence-corrected chi connectivity index (χ1v) is 28.3. The number of phenols is 6. The minimum atomic E-state index is -0.411. The van der Waals surface area contributed by atoms with Crippen molar-refractivity contribution in [2.75, 3.05) is 0 Å². The lowest BCUT2D eigenvalue weighted by atomic mass is 9.41.